The standard InChI is InChI=1S/C11H20F2O2/c1-3-5-6-8-10(12)9(7-4-2)11(14)15-13/h9-10H,3-8H2,1-2H3. The number of carbonyl (C=O) groups excluding carboxylic acids is 1. The van der Waals surface area contributed by atoms with Gasteiger partial charge in [0.1, 0.15) is 6.17 Å². The zero-order valence-electron chi connectivity index (χ0n) is 9.47. The molecule has 0 N–H and O–H groups in total. The third-order valence-corrected chi connectivity index (χ3v) is 2.50. The molecule has 4 heteroatoms. The van der Waals surface area contributed by atoms with Crippen LogP contribution in [0, 0.1) is 5.92 Å². The Morgan fingerprint density at radius 2 is 1.87 bits per heavy atom. The van der Waals surface area contributed by atoms with E-state index in [1.54, 1.807) is 0 Å². The van der Waals surface area contributed by atoms with Gasteiger partial charge in [-0.3, -0.25) is 4.94 Å². The van der Waals surface area contributed by atoms with Crippen LogP contribution in [0.2, 0.25) is 0 Å². The summed E-state index contributed by atoms with van der Waals surface area (Å²) >= 11 is 0. The minimum absolute atomic E-state index is 0.313. The van der Waals surface area contributed by atoms with Crippen LogP contribution < -0.4 is 0 Å². The van der Waals surface area contributed by atoms with Crippen LogP contribution in [0.15, 0.2) is 0 Å². The van der Waals surface area contributed by atoms with E-state index in [2.05, 4.69) is 4.94 Å². The molecule has 0 radical (unpaired) electrons. The average molecular weight is 222 g/mol. The van der Waals surface area contributed by atoms with Gasteiger partial charge in [0.2, 0.25) is 0 Å². The summed E-state index contributed by atoms with van der Waals surface area (Å²) < 4.78 is 25.2. The highest BCUT2D eigenvalue weighted by atomic mass is 19.3. The van der Waals surface area contributed by atoms with Gasteiger partial charge in [-0.25, -0.2) is 9.18 Å². The van der Waals surface area contributed by atoms with Gasteiger partial charge in [-0.05, 0) is 12.8 Å². The van der Waals surface area contributed by atoms with E-state index in [1.165, 1.54) is 0 Å². The van der Waals surface area contributed by atoms with Gasteiger partial charge in [-0.1, -0.05) is 39.5 Å². The van der Waals surface area contributed by atoms with E-state index >= 15 is 0 Å². The normalized spacial score (nSPS) is 14.7. The van der Waals surface area contributed by atoms with Gasteiger partial charge in [0, 0.05) is 4.53 Å². The van der Waals surface area contributed by atoms with Crippen molar-refractivity contribution in [3.05, 3.63) is 0 Å². The van der Waals surface area contributed by atoms with E-state index < -0.39 is 18.1 Å². The second-order valence-corrected chi connectivity index (χ2v) is 3.80. The van der Waals surface area contributed by atoms with E-state index in [1.807, 2.05) is 13.8 Å². The van der Waals surface area contributed by atoms with Crippen molar-refractivity contribution in [1.29, 1.82) is 0 Å². The van der Waals surface area contributed by atoms with E-state index in [4.69, 9.17) is 0 Å². The number of unbranched alkanes of at least 4 members (excludes halogenated alkanes) is 2. The average Bonchev–Trinajstić information content (AvgIpc) is 2.25. The van der Waals surface area contributed by atoms with Crippen LogP contribution >= 0.6 is 0 Å². The molecule has 0 aromatic rings. The number of hydrogen-bond acceptors (Lipinski definition) is 2. The molecule has 2 unspecified atom stereocenters. The molecule has 0 saturated heterocycles. The molecule has 0 aromatic heterocycles. The van der Waals surface area contributed by atoms with Crippen molar-refractivity contribution in [2.24, 2.45) is 5.92 Å². The number of alkyl halides is 1. The topological polar surface area (TPSA) is 26.3 Å². The SMILES string of the molecule is CCCCCC(F)C(CCC)C(=O)OF. The van der Waals surface area contributed by atoms with E-state index in [-0.39, 0.29) is 0 Å². The maximum Gasteiger partial charge on any atom is 0.354 e. The molecular formula is C11H20F2O2. The molecule has 0 saturated carbocycles. The first-order valence-corrected chi connectivity index (χ1v) is 5.63. The molecule has 0 bridgehead atoms. The van der Waals surface area contributed by atoms with Crippen LogP contribution in [0.5, 0.6) is 0 Å². The molecular weight excluding hydrogens is 202 g/mol. The highest BCUT2D eigenvalue weighted by molar-refractivity contribution is 5.72. The van der Waals surface area contributed by atoms with Crippen LogP contribution in [0.1, 0.15) is 52.4 Å². The molecule has 0 rings (SSSR count). The van der Waals surface area contributed by atoms with E-state index in [0.29, 0.717) is 19.3 Å². The van der Waals surface area contributed by atoms with Crippen molar-refractivity contribution in [2.75, 3.05) is 0 Å². The van der Waals surface area contributed by atoms with E-state index in [9.17, 15) is 13.7 Å². The third kappa shape index (κ3) is 5.70. The van der Waals surface area contributed by atoms with Gasteiger partial charge in [-0.15, -0.1) is 0 Å². The van der Waals surface area contributed by atoms with Gasteiger partial charge in [-0.2, -0.15) is 0 Å². The molecule has 0 aromatic carbocycles. The second-order valence-electron chi connectivity index (χ2n) is 3.80. The van der Waals surface area contributed by atoms with E-state index in [0.717, 1.165) is 19.3 Å². The smallest absolute Gasteiger partial charge is 0.254 e. The van der Waals surface area contributed by atoms with Crippen molar-refractivity contribution in [2.45, 2.75) is 58.5 Å². The summed E-state index contributed by atoms with van der Waals surface area (Å²) in [7, 11) is 0. The molecule has 0 spiro atoms. The van der Waals surface area contributed by atoms with Crippen LogP contribution in [-0.2, 0) is 9.74 Å². The van der Waals surface area contributed by atoms with Crippen molar-refractivity contribution in [1.82, 2.24) is 0 Å². The predicted molar refractivity (Wildman–Crippen MR) is 54.6 cm³/mol. The summed E-state index contributed by atoms with van der Waals surface area (Å²) in [5.74, 6) is -2.00. The summed E-state index contributed by atoms with van der Waals surface area (Å²) in [5, 5.41) is 0. The van der Waals surface area contributed by atoms with Gasteiger partial charge < -0.3 is 0 Å². The minimum Gasteiger partial charge on any atom is -0.254 e. The first-order valence-electron chi connectivity index (χ1n) is 5.63. The fourth-order valence-electron chi connectivity index (χ4n) is 1.61. The second kappa shape index (κ2) is 8.62. The van der Waals surface area contributed by atoms with Crippen LogP contribution in [0.25, 0.3) is 0 Å². The van der Waals surface area contributed by atoms with Crippen LogP contribution in [0.3, 0.4) is 0 Å². The lowest BCUT2D eigenvalue weighted by molar-refractivity contribution is -0.191. The van der Waals surface area contributed by atoms with Gasteiger partial charge in [0.15, 0.2) is 0 Å². The number of hydrogen-bond donors (Lipinski definition) is 0. The number of halogens is 2. The lowest BCUT2D eigenvalue weighted by Crippen LogP contribution is -2.25. The lowest BCUT2D eigenvalue weighted by atomic mass is 9.94. The Hall–Kier alpha value is -0.670. The van der Waals surface area contributed by atoms with Crippen LogP contribution in [-0.4, -0.2) is 12.1 Å². The Balaban J connectivity index is 4.03. The molecule has 15 heavy (non-hydrogen) atoms. The number of carbonyl (C=O) groups is 1. The van der Waals surface area contributed by atoms with Crippen molar-refractivity contribution in [3.8, 4) is 0 Å². The molecule has 2 atom stereocenters. The molecule has 0 fully saturated rings. The molecule has 0 aliphatic rings. The minimum atomic E-state index is -1.28. The Morgan fingerprint density at radius 1 is 1.20 bits per heavy atom. The van der Waals surface area contributed by atoms with Crippen molar-refractivity contribution >= 4 is 5.97 Å². The maximum atomic E-state index is 13.5. The summed E-state index contributed by atoms with van der Waals surface area (Å²) in [6.45, 7) is 3.85. The Bertz CT molecular complexity index is 174. The summed E-state index contributed by atoms with van der Waals surface area (Å²) in [4.78, 5) is 14.1. The zero-order chi connectivity index (χ0) is 11.7. The largest absolute Gasteiger partial charge is 0.354 e. The van der Waals surface area contributed by atoms with Crippen LogP contribution in [0.4, 0.5) is 8.92 Å². The monoisotopic (exact) mass is 222 g/mol. The summed E-state index contributed by atoms with van der Waals surface area (Å²) in [6, 6.07) is 0. The Morgan fingerprint density at radius 3 is 2.33 bits per heavy atom. The molecule has 0 amide bonds. The Labute approximate surface area is 89.9 Å². The Kier molecular flexibility index (Phi) is 8.24. The van der Waals surface area contributed by atoms with Crippen molar-refractivity contribution < 1.29 is 18.7 Å². The zero-order valence-corrected chi connectivity index (χ0v) is 9.47. The van der Waals surface area contributed by atoms with Crippen molar-refractivity contribution in [3.63, 3.8) is 0 Å². The first kappa shape index (κ1) is 14.3. The van der Waals surface area contributed by atoms with Gasteiger partial charge >= 0.3 is 5.97 Å². The van der Waals surface area contributed by atoms with Gasteiger partial charge in [0.05, 0.1) is 5.92 Å². The third-order valence-electron chi connectivity index (χ3n) is 2.50. The molecule has 90 valence electrons. The summed E-state index contributed by atoms with van der Waals surface area (Å²) in [6.07, 6.45) is 2.69. The molecule has 0 aliphatic heterocycles. The molecule has 0 heterocycles. The summed E-state index contributed by atoms with van der Waals surface area (Å²) in [5.41, 5.74) is 0. The van der Waals surface area contributed by atoms with Gasteiger partial charge in [0.25, 0.3) is 0 Å². The lowest BCUT2D eigenvalue weighted by Gasteiger charge is -2.16. The highest BCUT2D eigenvalue weighted by Gasteiger charge is 2.29. The molecule has 2 nitrogen and oxygen atoms in total. The molecule has 0 aliphatic carbocycles. The maximum absolute atomic E-state index is 13.5. The fraction of sp³-hybridized carbons (Fsp3) is 0.909. The highest BCUT2D eigenvalue weighted by Crippen LogP contribution is 2.21. The fourth-order valence-corrected chi connectivity index (χ4v) is 1.61. The predicted octanol–water partition coefficient (Wildman–Crippen LogP) is 3.75. The number of rotatable bonds is 8. The first-order chi connectivity index (χ1) is 7.17. The quantitative estimate of drug-likeness (QED) is 0.585.